The number of hydrogen-bond acceptors (Lipinski definition) is 11. The summed E-state index contributed by atoms with van der Waals surface area (Å²) in [7, 11) is 0. The molecule has 0 saturated carbocycles. The van der Waals surface area contributed by atoms with Crippen LogP contribution in [0, 0.1) is 11.6 Å². The van der Waals surface area contributed by atoms with Crippen molar-refractivity contribution in [3.05, 3.63) is 105 Å². The Bertz CT molecular complexity index is 2590. The summed E-state index contributed by atoms with van der Waals surface area (Å²) in [6.45, 7) is 6.62. The van der Waals surface area contributed by atoms with Gasteiger partial charge in [0.15, 0.2) is 5.65 Å². The van der Waals surface area contributed by atoms with Gasteiger partial charge in [0.2, 0.25) is 11.8 Å². The Balaban J connectivity index is 0.757. The Hall–Kier alpha value is -5.65. The molecule has 5 aromatic rings. The SMILES string of the molecule is O=C1CCC(N2C(=O)c3cc(CN4CCC(N5CCN(c6cccc(-c7cnn8ccc(N9CCC[C@@H]9c9cc(F)ccc9F)nc78)n6)CC5)CC4)cc(Br)c3C2=O)C(=O)N1. The molecule has 314 valence electrons. The minimum atomic E-state index is -1.00. The number of likely N-dealkylation sites (tertiary alicyclic amines) is 1. The molecule has 10 rings (SSSR count). The van der Waals surface area contributed by atoms with Crippen molar-refractivity contribution in [2.24, 2.45) is 0 Å². The maximum absolute atomic E-state index is 14.8. The monoisotopic (exact) mass is 892 g/mol. The minimum absolute atomic E-state index is 0.0759. The number of imide groups is 2. The molecule has 5 aliphatic rings. The molecule has 4 saturated heterocycles. The number of carbonyl (C=O) groups excluding carboxylic acids is 4. The first-order chi connectivity index (χ1) is 29.6. The third-order valence-electron chi connectivity index (χ3n) is 12.9. The largest absolute Gasteiger partial charge is 0.354 e. The van der Waals surface area contributed by atoms with E-state index < -0.39 is 41.3 Å². The summed E-state index contributed by atoms with van der Waals surface area (Å²) < 4.78 is 31.2. The average Bonchev–Trinajstić information content (AvgIpc) is 3.99. The molecule has 1 N–H and O–H groups in total. The first-order valence-electron chi connectivity index (χ1n) is 20.9. The molecule has 2 aromatic carbocycles. The van der Waals surface area contributed by atoms with Gasteiger partial charge in [-0.3, -0.25) is 39.2 Å². The number of piperazine rings is 1. The summed E-state index contributed by atoms with van der Waals surface area (Å²) in [6.07, 6.45) is 7.39. The molecule has 2 atom stereocenters. The zero-order chi connectivity index (χ0) is 41.9. The molecule has 4 amide bonds. The molecule has 61 heavy (non-hydrogen) atoms. The second-order valence-electron chi connectivity index (χ2n) is 16.5. The number of amides is 4. The number of aromatic nitrogens is 4. The fraction of sp³-hybridized carbons (Fsp3) is 0.386. The van der Waals surface area contributed by atoms with Crippen molar-refractivity contribution < 1.29 is 28.0 Å². The maximum atomic E-state index is 14.8. The molecule has 17 heteroatoms. The molecule has 0 radical (unpaired) electrons. The molecule has 1 unspecified atom stereocenters. The number of fused-ring (bicyclic) bond motifs is 2. The zero-order valence-corrected chi connectivity index (χ0v) is 34.9. The Kier molecular flexibility index (Phi) is 10.4. The van der Waals surface area contributed by atoms with E-state index >= 15 is 0 Å². The summed E-state index contributed by atoms with van der Waals surface area (Å²) >= 11 is 3.53. The van der Waals surface area contributed by atoms with Crippen LogP contribution in [0.1, 0.15) is 76.4 Å². The highest BCUT2D eigenvalue weighted by molar-refractivity contribution is 9.10. The number of nitrogens with one attached hydrogen (secondary N) is 1. The molecular formula is C44H43BrF2N10O4. The normalized spacial score (nSPS) is 21.9. The summed E-state index contributed by atoms with van der Waals surface area (Å²) in [5.41, 5.74) is 4.00. The van der Waals surface area contributed by atoms with Gasteiger partial charge in [0, 0.05) is 68.0 Å². The van der Waals surface area contributed by atoms with E-state index in [9.17, 15) is 28.0 Å². The standard InChI is InChI=1S/C44H43BrF2N10O4/c45-32-22-26(21-30-40(32)44(61)57(43(30)60)36-8-9-39(58)51-42(36)59)25-52-14-10-28(11-15-52)53-17-19-54(20-18-53)37-5-1-3-34(49-37)31-24-48-56-16-12-38(50-41(31)56)55-13-2-4-35(55)29-23-27(46)6-7-33(29)47/h1,3,5-7,12,16,21-24,28,35-36H,2,4,8-11,13-15,17-20,25H2,(H,51,58,59)/t35-,36?/m1/s1. The lowest BCUT2D eigenvalue weighted by molar-refractivity contribution is -0.136. The van der Waals surface area contributed by atoms with E-state index in [2.05, 4.69) is 41.0 Å². The van der Waals surface area contributed by atoms with Crippen molar-refractivity contribution in [2.45, 2.75) is 63.2 Å². The van der Waals surface area contributed by atoms with Gasteiger partial charge in [-0.05, 0) is 115 Å². The second kappa shape index (κ2) is 16.0. The van der Waals surface area contributed by atoms with Gasteiger partial charge >= 0.3 is 0 Å². The highest BCUT2D eigenvalue weighted by Crippen LogP contribution is 2.38. The third kappa shape index (κ3) is 7.35. The fourth-order valence-electron chi connectivity index (χ4n) is 9.79. The first-order valence-corrected chi connectivity index (χ1v) is 21.7. The van der Waals surface area contributed by atoms with Crippen LogP contribution < -0.4 is 15.1 Å². The summed E-state index contributed by atoms with van der Waals surface area (Å²) in [4.78, 5) is 71.4. The molecule has 4 fully saturated rings. The number of nitrogens with zero attached hydrogens (tertiary/aromatic N) is 9. The Morgan fingerprint density at radius 1 is 0.787 bits per heavy atom. The predicted octanol–water partition coefficient (Wildman–Crippen LogP) is 5.36. The van der Waals surface area contributed by atoms with Crippen LogP contribution in [0.5, 0.6) is 0 Å². The van der Waals surface area contributed by atoms with E-state index in [1.165, 1.54) is 12.1 Å². The van der Waals surface area contributed by atoms with Crippen LogP contribution in [0.4, 0.5) is 20.4 Å². The Morgan fingerprint density at radius 2 is 1.61 bits per heavy atom. The fourth-order valence-corrected chi connectivity index (χ4v) is 10.5. The number of rotatable bonds is 8. The van der Waals surface area contributed by atoms with Crippen LogP contribution in [0.25, 0.3) is 16.9 Å². The number of pyridine rings is 1. The Morgan fingerprint density at radius 3 is 2.41 bits per heavy atom. The van der Waals surface area contributed by atoms with Crippen LogP contribution in [0.3, 0.4) is 0 Å². The zero-order valence-electron chi connectivity index (χ0n) is 33.3. The minimum Gasteiger partial charge on any atom is -0.354 e. The number of anilines is 2. The van der Waals surface area contributed by atoms with Crippen molar-refractivity contribution in [1.29, 1.82) is 0 Å². The van der Waals surface area contributed by atoms with Crippen LogP contribution >= 0.6 is 15.9 Å². The average molecular weight is 894 g/mol. The van der Waals surface area contributed by atoms with E-state index in [1.807, 2.05) is 41.4 Å². The second-order valence-corrected chi connectivity index (χ2v) is 17.3. The smallest absolute Gasteiger partial charge is 0.263 e. The lowest BCUT2D eigenvalue weighted by Gasteiger charge is -2.43. The molecule has 8 heterocycles. The molecule has 14 nitrogen and oxygen atoms in total. The van der Waals surface area contributed by atoms with Crippen LogP contribution in [-0.2, 0) is 16.1 Å². The van der Waals surface area contributed by atoms with Gasteiger partial charge < -0.3 is 9.80 Å². The Labute approximate surface area is 358 Å². The maximum Gasteiger partial charge on any atom is 0.263 e. The summed E-state index contributed by atoms with van der Waals surface area (Å²) in [6, 6.07) is 14.3. The highest BCUT2D eigenvalue weighted by atomic mass is 79.9. The highest BCUT2D eigenvalue weighted by Gasteiger charge is 2.46. The van der Waals surface area contributed by atoms with Gasteiger partial charge in [0.25, 0.3) is 11.8 Å². The van der Waals surface area contributed by atoms with E-state index in [4.69, 9.17) is 9.97 Å². The number of carbonyl (C=O) groups is 4. The van der Waals surface area contributed by atoms with Gasteiger partial charge in [-0.2, -0.15) is 5.10 Å². The number of piperidine rings is 2. The molecule has 3 aromatic heterocycles. The van der Waals surface area contributed by atoms with Crippen molar-refractivity contribution >= 4 is 56.8 Å². The lowest BCUT2D eigenvalue weighted by Crippen LogP contribution is -2.54. The molecular weight excluding hydrogens is 850 g/mol. The molecule has 5 aliphatic heterocycles. The quantitative estimate of drug-likeness (QED) is 0.202. The van der Waals surface area contributed by atoms with Gasteiger partial charge in [-0.1, -0.05) is 6.07 Å². The lowest BCUT2D eigenvalue weighted by atomic mass is 10.0. The summed E-state index contributed by atoms with van der Waals surface area (Å²) in [5, 5.41) is 6.80. The van der Waals surface area contributed by atoms with Crippen LogP contribution in [0.15, 0.2) is 71.5 Å². The van der Waals surface area contributed by atoms with Gasteiger partial charge in [0.05, 0.1) is 34.6 Å². The van der Waals surface area contributed by atoms with Crippen molar-refractivity contribution in [3.8, 4) is 11.3 Å². The first kappa shape index (κ1) is 39.5. The molecule has 0 aliphatic carbocycles. The van der Waals surface area contributed by atoms with E-state index in [-0.39, 0.29) is 30.0 Å². The van der Waals surface area contributed by atoms with Crippen molar-refractivity contribution in [2.75, 3.05) is 55.6 Å². The van der Waals surface area contributed by atoms with Gasteiger partial charge in [0.1, 0.15) is 29.3 Å². The topological polar surface area (TPSA) is 140 Å². The van der Waals surface area contributed by atoms with Crippen LogP contribution in [0.2, 0.25) is 0 Å². The van der Waals surface area contributed by atoms with E-state index in [1.54, 1.807) is 16.8 Å². The van der Waals surface area contributed by atoms with Crippen molar-refractivity contribution in [1.82, 2.24) is 39.6 Å². The third-order valence-corrected chi connectivity index (χ3v) is 13.5. The number of benzene rings is 2. The van der Waals surface area contributed by atoms with Crippen molar-refractivity contribution in [3.63, 3.8) is 0 Å². The molecule has 0 spiro atoms. The number of halogens is 3. The van der Waals surface area contributed by atoms with Gasteiger partial charge in [-0.25, -0.2) is 23.3 Å². The predicted molar refractivity (Wildman–Crippen MR) is 225 cm³/mol. The number of hydrogen-bond donors (Lipinski definition) is 1. The van der Waals surface area contributed by atoms with E-state index in [0.717, 1.165) is 92.1 Å². The summed E-state index contributed by atoms with van der Waals surface area (Å²) in [5.74, 6) is -1.35. The van der Waals surface area contributed by atoms with Crippen LogP contribution in [-0.4, -0.2) is 116 Å². The molecule has 0 bridgehead atoms. The van der Waals surface area contributed by atoms with E-state index in [0.29, 0.717) is 47.1 Å². The van der Waals surface area contributed by atoms with Gasteiger partial charge in [-0.15, -0.1) is 0 Å².